The van der Waals surface area contributed by atoms with Gasteiger partial charge in [0.05, 0.1) is 11.6 Å². The van der Waals surface area contributed by atoms with Crippen LogP contribution in [-0.2, 0) is 9.59 Å². The topological polar surface area (TPSA) is 37.4 Å². The smallest absolute Gasteiger partial charge is 0.238 e. The van der Waals surface area contributed by atoms with Gasteiger partial charge in [0.2, 0.25) is 11.8 Å². The molecule has 0 spiro atoms. The zero-order valence-corrected chi connectivity index (χ0v) is 10.2. The minimum atomic E-state index is -0.789. The highest BCUT2D eigenvalue weighted by atomic mass is 79.9. The molecule has 90 valence electrons. The van der Waals surface area contributed by atoms with Gasteiger partial charge in [-0.1, -0.05) is 15.9 Å². The molecule has 1 atom stereocenters. The van der Waals surface area contributed by atoms with E-state index in [4.69, 9.17) is 0 Å². The van der Waals surface area contributed by atoms with E-state index in [2.05, 4.69) is 15.9 Å². The number of imide groups is 1. The number of hydrogen-bond donors (Lipinski definition) is 0. The van der Waals surface area contributed by atoms with E-state index < -0.39 is 29.4 Å². The Hall–Kier alpha value is -1.30. The number of nitrogens with zero attached hydrogens (tertiary/aromatic N) is 1. The van der Waals surface area contributed by atoms with E-state index in [9.17, 15) is 18.4 Å². The van der Waals surface area contributed by atoms with E-state index >= 15 is 0 Å². The first-order valence-electron chi connectivity index (χ1n) is 4.92. The summed E-state index contributed by atoms with van der Waals surface area (Å²) in [6, 6.07) is 2.68. The first-order valence-corrected chi connectivity index (χ1v) is 6.04. The number of amides is 2. The van der Waals surface area contributed by atoms with Crippen molar-refractivity contribution in [3.63, 3.8) is 0 Å². The second-order valence-corrected chi connectivity index (χ2v) is 4.37. The van der Waals surface area contributed by atoms with E-state index in [-0.39, 0.29) is 12.1 Å². The molecule has 0 saturated carbocycles. The first kappa shape index (κ1) is 12.2. The standard InChI is InChI=1S/C11H8BrF2NO2/c12-5-6-3-10(16)15(11(6)17)9-4-7(13)1-2-8(9)14/h1-2,4,6H,3,5H2. The summed E-state index contributed by atoms with van der Waals surface area (Å²) >= 11 is 3.11. The minimum absolute atomic E-state index is 0.0139. The lowest BCUT2D eigenvalue weighted by atomic mass is 10.1. The molecule has 1 fully saturated rings. The highest BCUT2D eigenvalue weighted by Crippen LogP contribution is 2.29. The third-order valence-corrected chi connectivity index (χ3v) is 3.36. The summed E-state index contributed by atoms with van der Waals surface area (Å²) in [6.07, 6.45) is 0.0139. The molecule has 0 radical (unpaired) electrons. The summed E-state index contributed by atoms with van der Waals surface area (Å²) in [5.41, 5.74) is -0.316. The van der Waals surface area contributed by atoms with Gasteiger partial charge in [-0.2, -0.15) is 0 Å². The number of carbonyl (C=O) groups is 2. The van der Waals surface area contributed by atoms with Crippen molar-refractivity contribution < 1.29 is 18.4 Å². The van der Waals surface area contributed by atoms with Crippen LogP contribution in [0.1, 0.15) is 6.42 Å². The summed E-state index contributed by atoms with van der Waals surface area (Å²) in [4.78, 5) is 24.1. The van der Waals surface area contributed by atoms with Crippen molar-refractivity contribution in [1.29, 1.82) is 0 Å². The van der Waals surface area contributed by atoms with E-state index in [1.165, 1.54) is 0 Å². The molecule has 6 heteroatoms. The molecular formula is C11H8BrF2NO2. The largest absolute Gasteiger partial charge is 0.274 e. The van der Waals surface area contributed by atoms with Gasteiger partial charge < -0.3 is 0 Å². The second kappa shape index (κ2) is 4.52. The fraction of sp³-hybridized carbons (Fsp3) is 0.273. The molecule has 2 rings (SSSR count). The van der Waals surface area contributed by atoms with E-state index in [1.807, 2.05) is 0 Å². The van der Waals surface area contributed by atoms with Crippen LogP contribution in [0.25, 0.3) is 0 Å². The Morgan fingerprint density at radius 3 is 2.65 bits per heavy atom. The van der Waals surface area contributed by atoms with Gasteiger partial charge in [-0.05, 0) is 12.1 Å². The maximum atomic E-state index is 13.5. The summed E-state index contributed by atoms with van der Waals surface area (Å²) in [5, 5.41) is 0.324. The zero-order chi connectivity index (χ0) is 12.6. The van der Waals surface area contributed by atoms with Crippen LogP contribution in [0, 0.1) is 17.6 Å². The van der Waals surface area contributed by atoms with Crippen molar-refractivity contribution in [1.82, 2.24) is 0 Å². The number of carbonyl (C=O) groups excluding carboxylic acids is 2. The van der Waals surface area contributed by atoms with Crippen LogP contribution in [0.2, 0.25) is 0 Å². The molecule has 1 unspecified atom stereocenters. The lowest BCUT2D eigenvalue weighted by molar-refractivity contribution is -0.122. The number of benzene rings is 1. The molecule has 1 heterocycles. The highest BCUT2D eigenvalue weighted by Gasteiger charge is 2.39. The average molecular weight is 304 g/mol. The maximum Gasteiger partial charge on any atom is 0.238 e. The lowest BCUT2D eigenvalue weighted by Crippen LogP contribution is -2.31. The van der Waals surface area contributed by atoms with Crippen LogP contribution in [-0.4, -0.2) is 17.1 Å². The number of hydrogen-bond acceptors (Lipinski definition) is 2. The summed E-state index contributed by atoms with van der Waals surface area (Å²) in [5.74, 6) is -3.00. The van der Waals surface area contributed by atoms with Crippen LogP contribution < -0.4 is 4.90 Å². The molecule has 0 aromatic heterocycles. The van der Waals surface area contributed by atoms with Gasteiger partial charge in [-0.25, -0.2) is 13.7 Å². The number of rotatable bonds is 2. The van der Waals surface area contributed by atoms with Crippen molar-refractivity contribution in [3.8, 4) is 0 Å². The van der Waals surface area contributed by atoms with E-state index in [1.54, 1.807) is 0 Å². The summed E-state index contributed by atoms with van der Waals surface area (Å²) < 4.78 is 26.5. The molecule has 1 aliphatic heterocycles. The van der Waals surface area contributed by atoms with E-state index in [0.29, 0.717) is 10.2 Å². The Morgan fingerprint density at radius 1 is 1.35 bits per heavy atom. The predicted molar refractivity (Wildman–Crippen MR) is 60.8 cm³/mol. The van der Waals surface area contributed by atoms with Crippen molar-refractivity contribution in [2.24, 2.45) is 5.92 Å². The predicted octanol–water partition coefficient (Wildman–Crippen LogP) is 2.24. The maximum absolute atomic E-state index is 13.5. The third kappa shape index (κ3) is 2.09. The molecule has 2 amide bonds. The highest BCUT2D eigenvalue weighted by molar-refractivity contribution is 9.09. The van der Waals surface area contributed by atoms with Crippen molar-refractivity contribution in [2.45, 2.75) is 6.42 Å². The third-order valence-electron chi connectivity index (χ3n) is 2.58. The van der Waals surface area contributed by atoms with Crippen molar-refractivity contribution >= 4 is 33.4 Å². The van der Waals surface area contributed by atoms with Gasteiger partial charge in [-0.15, -0.1) is 0 Å². The molecule has 1 saturated heterocycles. The Morgan fingerprint density at radius 2 is 2.06 bits per heavy atom. The SMILES string of the molecule is O=C1CC(CBr)C(=O)N1c1cc(F)ccc1F. The second-order valence-electron chi connectivity index (χ2n) is 3.72. The Kier molecular flexibility index (Phi) is 3.24. The van der Waals surface area contributed by atoms with Gasteiger partial charge in [-0.3, -0.25) is 9.59 Å². The molecule has 3 nitrogen and oxygen atoms in total. The summed E-state index contributed by atoms with van der Waals surface area (Å²) in [7, 11) is 0. The van der Waals surface area contributed by atoms with Gasteiger partial charge in [0.1, 0.15) is 11.6 Å². The van der Waals surface area contributed by atoms with Crippen LogP contribution in [0.5, 0.6) is 0 Å². The molecule has 0 N–H and O–H groups in total. The fourth-order valence-electron chi connectivity index (χ4n) is 1.73. The number of anilines is 1. The van der Waals surface area contributed by atoms with Gasteiger partial charge in [0.25, 0.3) is 0 Å². The lowest BCUT2D eigenvalue weighted by Gasteiger charge is -2.15. The monoisotopic (exact) mass is 303 g/mol. The Labute approximate surface area is 105 Å². The molecule has 1 aromatic rings. The molecule has 0 bridgehead atoms. The molecule has 1 aliphatic rings. The molecule has 1 aromatic carbocycles. The van der Waals surface area contributed by atoms with Crippen LogP contribution >= 0.6 is 15.9 Å². The van der Waals surface area contributed by atoms with Gasteiger partial charge >= 0.3 is 0 Å². The molecular weight excluding hydrogens is 296 g/mol. The normalized spacial score (nSPS) is 20.2. The molecule has 17 heavy (non-hydrogen) atoms. The first-order chi connectivity index (χ1) is 8.04. The number of halogens is 3. The average Bonchev–Trinajstić information content (AvgIpc) is 2.58. The van der Waals surface area contributed by atoms with Crippen LogP contribution in [0.3, 0.4) is 0 Å². The van der Waals surface area contributed by atoms with Gasteiger partial charge in [0, 0.05) is 17.8 Å². The van der Waals surface area contributed by atoms with Gasteiger partial charge in [0.15, 0.2) is 0 Å². The fourth-order valence-corrected chi connectivity index (χ4v) is 2.23. The van der Waals surface area contributed by atoms with Crippen molar-refractivity contribution in [3.05, 3.63) is 29.8 Å². The number of alkyl halides is 1. The summed E-state index contributed by atoms with van der Waals surface area (Å²) in [6.45, 7) is 0. The minimum Gasteiger partial charge on any atom is -0.274 e. The zero-order valence-electron chi connectivity index (χ0n) is 8.62. The Balaban J connectivity index is 2.43. The van der Waals surface area contributed by atoms with Crippen molar-refractivity contribution in [2.75, 3.05) is 10.2 Å². The quantitative estimate of drug-likeness (QED) is 0.621. The Bertz CT molecular complexity index is 492. The van der Waals surface area contributed by atoms with Crippen LogP contribution in [0.15, 0.2) is 18.2 Å². The van der Waals surface area contributed by atoms with Crippen LogP contribution in [0.4, 0.5) is 14.5 Å². The van der Waals surface area contributed by atoms with E-state index in [0.717, 1.165) is 18.2 Å². The molecule has 0 aliphatic carbocycles.